The van der Waals surface area contributed by atoms with Crippen LogP contribution in [0.1, 0.15) is 16.1 Å². The molecule has 2 aromatic heterocycles. The van der Waals surface area contributed by atoms with Crippen LogP contribution >= 0.6 is 0 Å². The van der Waals surface area contributed by atoms with Gasteiger partial charge in [0.2, 0.25) is 5.91 Å². The van der Waals surface area contributed by atoms with Crippen LogP contribution in [0.4, 0.5) is 5.69 Å². The second-order valence-corrected chi connectivity index (χ2v) is 5.00. The maximum Gasteiger partial charge on any atom is 0.337 e. The van der Waals surface area contributed by atoms with E-state index in [9.17, 15) is 9.59 Å². The lowest BCUT2D eigenvalue weighted by atomic mass is 10.2. The number of esters is 1. The van der Waals surface area contributed by atoms with E-state index in [0.29, 0.717) is 16.9 Å². The number of carbonyl (C=O) groups is 2. The first-order chi connectivity index (χ1) is 11.2. The molecule has 2 heterocycles. The first-order valence-electron chi connectivity index (χ1n) is 7.06. The van der Waals surface area contributed by atoms with Crippen molar-refractivity contribution in [3.05, 3.63) is 66.1 Å². The quantitative estimate of drug-likeness (QED) is 0.751. The molecule has 3 aromatic rings. The average molecular weight is 309 g/mol. The number of pyridine rings is 1. The van der Waals surface area contributed by atoms with E-state index in [-0.39, 0.29) is 12.3 Å². The Hall–Kier alpha value is -3.15. The number of hydrogen-bond donors (Lipinski definition) is 1. The second kappa shape index (κ2) is 6.31. The smallest absolute Gasteiger partial charge is 0.337 e. The van der Waals surface area contributed by atoms with Gasteiger partial charge in [0, 0.05) is 18.1 Å². The topological polar surface area (TPSA) is 72.7 Å². The van der Waals surface area contributed by atoms with Crippen LogP contribution in [0.25, 0.3) is 5.65 Å². The van der Waals surface area contributed by atoms with E-state index in [4.69, 9.17) is 0 Å². The van der Waals surface area contributed by atoms with Gasteiger partial charge in [-0.25, -0.2) is 9.78 Å². The van der Waals surface area contributed by atoms with Crippen LogP contribution in [-0.4, -0.2) is 28.4 Å². The number of nitrogens with one attached hydrogen (secondary N) is 1. The highest BCUT2D eigenvalue weighted by Crippen LogP contribution is 2.12. The average Bonchev–Trinajstić information content (AvgIpc) is 2.96. The number of hydrogen-bond acceptors (Lipinski definition) is 4. The number of fused-ring (bicyclic) bond motifs is 1. The molecule has 0 radical (unpaired) electrons. The number of anilines is 1. The zero-order valence-electron chi connectivity index (χ0n) is 12.5. The van der Waals surface area contributed by atoms with Gasteiger partial charge in [-0.1, -0.05) is 12.1 Å². The summed E-state index contributed by atoms with van der Waals surface area (Å²) < 4.78 is 6.52. The molecule has 0 spiro atoms. The third kappa shape index (κ3) is 3.37. The van der Waals surface area contributed by atoms with Crippen LogP contribution in [0.2, 0.25) is 0 Å². The molecule has 0 saturated heterocycles. The minimum atomic E-state index is -0.443. The zero-order chi connectivity index (χ0) is 16.2. The maximum absolute atomic E-state index is 12.1. The molecule has 1 aromatic carbocycles. The maximum atomic E-state index is 12.1. The summed E-state index contributed by atoms with van der Waals surface area (Å²) >= 11 is 0. The Labute approximate surface area is 132 Å². The third-order valence-corrected chi connectivity index (χ3v) is 3.32. The number of benzene rings is 1. The van der Waals surface area contributed by atoms with Crippen molar-refractivity contribution in [2.75, 3.05) is 12.4 Å². The highest BCUT2D eigenvalue weighted by atomic mass is 16.5. The summed E-state index contributed by atoms with van der Waals surface area (Å²) in [4.78, 5) is 28.0. The summed E-state index contributed by atoms with van der Waals surface area (Å²) in [5, 5.41) is 2.76. The lowest BCUT2D eigenvalue weighted by Gasteiger charge is -2.05. The van der Waals surface area contributed by atoms with Crippen LogP contribution in [-0.2, 0) is 16.0 Å². The molecule has 0 unspecified atom stereocenters. The van der Waals surface area contributed by atoms with Crippen molar-refractivity contribution in [3.8, 4) is 0 Å². The summed E-state index contributed by atoms with van der Waals surface area (Å²) in [5.41, 5.74) is 2.40. The Kier molecular flexibility index (Phi) is 4.05. The Bertz CT molecular complexity index is 837. The molecule has 1 amide bonds. The first kappa shape index (κ1) is 14.8. The second-order valence-electron chi connectivity index (χ2n) is 5.00. The van der Waals surface area contributed by atoms with Crippen molar-refractivity contribution in [3.63, 3.8) is 0 Å². The monoisotopic (exact) mass is 309 g/mol. The van der Waals surface area contributed by atoms with Crippen LogP contribution < -0.4 is 5.32 Å². The number of rotatable bonds is 4. The number of ether oxygens (including phenoxy) is 1. The standard InChI is InChI=1S/C17H15N3O3/c1-23-17(22)12-5-4-6-13(9-12)19-16(21)10-14-11-20-8-3-2-7-15(20)18-14/h2-9,11H,10H2,1H3,(H,19,21). The van der Waals surface area contributed by atoms with Gasteiger partial charge in [-0.15, -0.1) is 0 Å². The Morgan fingerprint density at radius 1 is 1.22 bits per heavy atom. The predicted molar refractivity (Wildman–Crippen MR) is 85.3 cm³/mol. The summed E-state index contributed by atoms with van der Waals surface area (Å²) in [6, 6.07) is 12.3. The fraction of sp³-hybridized carbons (Fsp3) is 0.118. The number of nitrogens with zero attached hydrogens (tertiary/aromatic N) is 2. The molecule has 0 saturated carbocycles. The molecular weight excluding hydrogens is 294 g/mol. The molecular formula is C17H15N3O3. The van der Waals surface area contributed by atoms with Crippen molar-refractivity contribution >= 4 is 23.2 Å². The molecule has 0 atom stereocenters. The molecule has 23 heavy (non-hydrogen) atoms. The van der Waals surface area contributed by atoms with Crippen molar-refractivity contribution in [2.45, 2.75) is 6.42 Å². The number of amides is 1. The molecule has 1 N–H and O–H groups in total. The van der Waals surface area contributed by atoms with Gasteiger partial charge >= 0.3 is 5.97 Å². The van der Waals surface area contributed by atoms with Gasteiger partial charge in [-0.2, -0.15) is 0 Å². The van der Waals surface area contributed by atoms with E-state index in [1.165, 1.54) is 7.11 Å². The van der Waals surface area contributed by atoms with Gasteiger partial charge in [0.05, 0.1) is 24.8 Å². The van der Waals surface area contributed by atoms with Gasteiger partial charge < -0.3 is 14.5 Å². The van der Waals surface area contributed by atoms with E-state index >= 15 is 0 Å². The Morgan fingerprint density at radius 2 is 2.09 bits per heavy atom. The van der Waals surface area contributed by atoms with Crippen LogP contribution in [0.3, 0.4) is 0 Å². The molecule has 0 aliphatic heterocycles. The molecule has 6 nitrogen and oxygen atoms in total. The van der Waals surface area contributed by atoms with Crippen LogP contribution in [0, 0.1) is 0 Å². The molecule has 0 aliphatic rings. The van der Waals surface area contributed by atoms with Crippen LogP contribution in [0.15, 0.2) is 54.9 Å². The number of carbonyl (C=O) groups excluding carboxylic acids is 2. The van der Waals surface area contributed by atoms with Gasteiger partial charge in [0.15, 0.2) is 0 Å². The van der Waals surface area contributed by atoms with Gasteiger partial charge in [-0.05, 0) is 30.3 Å². The summed E-state index contributed by atoms with van der Waals surface area (Å²) in [7, 11) is 1.32. The largest absolute Gasteiger partial charge is 0.465 e. The van der Waals surface area contributed by atoms with Crippen LogP contribution in [0.5, 0.6) is 0 Å². The summed E-state index contributed by atoms with van der Waals surface area (Å²) in [6.07, 6.45) is 3.85. The molecule has 116 valence electrons. The van der Waals surface area contributed by atoms with Gasteiger partial charge in [0.25, 0.3) is 0 Å². The van der Waals surface area contributed by atoms with Crippen molar-refractivity contribution in [2.24, 2.45) is 0 Å². The Balaban J connectivity index is 1.70. The normalized spacial score (nSPS) is 10.5. The lowest BCUT2D eigenvalue weighted by Crippen LogP contribution is -2.15. The SMILES string of the molecule is COC(=O)c1cccc(NC(=O)Cc2cn3ccccc3n2)c1. The van der Waals surface area contributed by atoms with Crippen molar-refractivity contribution in [1.29, 1.82) is 0 Å². The molecule has 0 aliphatic carbocycles. The van der Waals surface area contributed by atoms with E-state index in [1.54, 1.807) is 24.3 Å². The van der Waals surface area contributed by atoms with Crippen molar-refractivity contribution < 1.29 is 14.3 Å². The van der Waals surface area contributed by atoms with E-state index in [1.807, 2.05) is 35.0 Å². The summed E-state index contributed by atoms with van der Waals surface area (Å²) in [6.45, 7) is 0. The molecule has 6 heteroatoms. The van der Waals surface area contributed by atoms with E-state index in [2.05, 4.69) is 15.0 Å². The minimum absolute atomic E-state index is 0.157. The molecule has 0 bridgehead atoms. The number of imidazole rings is 1. The van der Waals surface area contributed by atoms with Gasteiger partial charge in [-0.3, -0.25) is 4.79 Å². The molecule has 3 rings (SSSR count). The number of aromatic nitrogens is 2. The van der Waals surface area contributed by atoms with Crippen molar-refractivity contribution in [1.82, 2.24) is 9.38 Å². The van der Waals surface area contributed by atoms with Gasteiger partial charge in [0.1, 0.15) is 5.65 Å². The Morgan fingerprint density at radius 3 is 2.87 bits per heavy atom. The minimum Gasteiger partial charge on any atom is -0.465 e. The van der Waals surface area contributed by atoms with E-state index in [0.717, 1.165) is 5.65 Å². The fourth-order valence-corrected chi connectivity index (χ4v) is 2.28. The first-order valence-corrected chi connectivity index (χ1v) is 7.06. The zero-order valence-corrected chi connectivity index (χ0v) is 12.5. The fourth-order valence-electron chi connectivity index (χ4n) is 2.28. The highest BCUT2D eigenvalue weighted by Gasteiger charge is 2.10. The summed E-state index contributed by atoms with van der Waals surface area (Å²) in [5.74, 6) is -0.642. The number of methoxy groups -OCH3 is 1. The predicted octanol–water partition coefficient (Wildman–Crippen LogP) is 2.30. The van der Waals surface area contributed by atoms with E-state index < -0.39 is 5.97 Å². The highest BCUT2D eigenvalue weighted by molar-refractivity contribution is 5.95. The lowest BCUT2D eigenvalue weighted by molar-refractivity contribution is -0.115. The third-order valence-electron chi connectivity index (χ3n) is 3.32. The molecule has 0 fully saturated rings.